The average Bonchev–Trinajstić information content (AvgIpc) is 3.18. The molecule has 116 valence electrons. The largest absolute Gasteiger partial charge is 0.347 e. The third kappa shape index (κ3) is 4.08. The van der Waals surface area contributed by atoms with Crippen LogP contribution in [0.25, 0.3) is 0 Å². The maximum absolute atomic E-state index is 11.9. The van der Waals surface area contributed by atoms with Gasteiger partial charge >= 0.3 is 0 Å². The Morgan fingerprint density at radius 2 is 2.18 bits per heavy atom. The van der Waals surface area contributed by atoms with Gasteiger partial charge < -0.3 is 10.2 Å². The number of hydrogen-bond acceptors (Lipinski definition) is 7. The van der Waals surface area contributed by atoms with Gasteiger partial charge in [-0.25, -0.2) is 4.98 Å². The maximum atomic E-state index is 11.9. The summed E-state index contributed by atoms with van der Waals surface area (Å²) in [5.41, 5.74) is 0. The number of rotatable bonds is 5. The SMILES string of the molecule is O=C(CSc1nnc(N2CCCC2)s1)Nc1ccc(Cl)cn1. The van der Waals surface area contributed by atoms with Crippen molar-refractivity contribution in [2.45, 2.75) is 17.2 Å². The van der Waals surface area contributed by atoms with E-state index >= 15 is 0 Å². The first-order chi connectivity index (χ1) is 10.7. The molecule has 0 radical (unpaired) electrons. The molecule has 0 atom stereocenters. The number of aromatic nitrogens is 3. The molecule has 0 unspecified atom stereocenters. The number of amides is 1. The van der Waals surface area contributed by atoms with Crippen LogP contribution in [0, 0.1) is 0 Å². The van der Waals surface area contributed by atoms with Gasteiger partial charge in [0.2, 0.25) is 11.0 Å². The summed E-state index contributed by atoms with van der Waals surface area (Å²) in [4.78, 5) is 18.1. The fourth-order valence-electron chi connectivity index (χ4n) is 2.05. The number of nitrogens with one attached hydrogen (secondary N) is 1. The third-order valence-electron chi connectivity index (χ3n) is 3.09. The van der Waals surface area contributed by atoms with Crippen LogP contribution < -0.4 is 10.2 Å². The zero-order chi connectivity index (χ0) is 15.4. The van der Waals surface area contributed by atoms with Crippen molar-refractivity contribution in [1.82, 2.24) is 15.2 Å². The molecule has 0 saturated carbocycles. The lowest BCUT2D eigenvalue weighted by Crippen LogP contribution is -2.17. The molecule has 0 aliphatic carbocycles. The van der Waals surface area contributed by atoms with E-state index in [9.17, 15) is 4.79 Å². The van der Waals surface area contributed by atoms with E-state index in [2.05, 4.69) is 25.4 Å². The van der Waals surface area contributed by atoms with E-state index in [1.165, 1.54) is 42.1 Å². The zero-order valence-electron chi connectivity index (χ0n) is 11.7. The molecule has 3 heterocycles. The fourth-order valence-corrected chi connectivity index (χ4v) is 3.86. The Morgan fingerprint density at radius 3 is 2.91 bits per heavy atom. The van der Waals surface area contributed by atoms with E-state index < -0.39 is 0 Å². The van der Waals surface area contributed by atoms with E-state index in [1.54, 1.807) is 12.1 Å². The van der Waals surface area contributed by atoms with Crippen LogP contribution in [0.1, 0.15) is 12.8 Å². The van der Waals surface area contributed by atoms with Crippen molar-refractivity contribution < 1.29 is 4.79 Å². The molecule has 2 aromatic rings. The summed E-state index contributed by atoms with van der Waals surface area (Å²) in [6.45, 7) is 2.09. The molecule has 1 fully saturated rings. The number of pyridine rings is 1. The van der Waals surface area contributed by atoms with E-state index in [0.717, 1.165) is 22.6 Å². The third-order valence-corrected chi connectivity index (χ3v) is 5.43. The zero-order valence-corrected chi connectivity index (χ0v) is 14.0. The second-order valence-corrected chi connectivity index (χ2v) is 7.36. The molecule has 1 amide bonds. The van der Waals surface area contributed by atoms with Crippen LogP contribution in [0.5, 0.6) is 0 Å². The van der Waals surface area contributed by atoms with Crippen molar-refractivity contribution in [1.29, 1.82) is 0 Å². The summed E-state index contributed by atoms with van der Waals surface area (Å²) in [7, 11) is 0. The van der Waals surface area contributed by atoms with Gasteiger partial charge in [0, 0.05) is 19.3 Å². The van der Waals surface area contributed by atoms with Gasteiger partial charge in [-0.05, 0) is 25.0 Å². The normalized spacial score (nSPS) is 14.3. The number of thioether (sulfide) groups is 1. The van der Waals surface area contributed by atoms with E-state index in [4.69, 9.17) is 11.6 Å². The second-order valence-electron chi connectivity index (χ2n) is 4.74. The minimum atomic E-state index is -0.127. The maximum Gasteiger partial charge on any atom is 0.235 e. The van der Waals surface area contributed by atoms with Crippen LogP contribution in [0.2, 0.25) is 5.02 Å². The number of nitrogens with zero attached hydrogens (tertiary/aromatic N) is 4. The van der Waals surface area contributed by atoms with Crippen molar-refractivity contribution in [3.8, 4) is 0 Å². The molecular formula is C13H14ClN5OS2. The van der Waals surface area contributed by atoms with Gasteiger partial charge in [-0.3, -0.25) is 4.79 Å². The topological polar surface area (TPSA) is 71.0 Å². The smallest absolute Gasteiger partial charge is 0.235 e. The Kier molecular flexibility index (Phi) is 5.12. The molecule has 1 N–H and O–H groups in total. The van der Waals surface area contributed by atoms with Crippen LogP contribution in [0.15, 0.2) is 22.7 Å². The number of anilines is 2. The highest BCUT2D eigenvalue weighted by atomic mass is 35.5. The molecule has 6 nitrogen and oxygen atoms in total. The van der Waals surface area contributed by atoms with Gasteiger partial charge in [0.15, 0.2) is 4.34 Å². The number of carbonyl (C=O) groups excluding carboxylic acids is 1. The van der Waals surface area contributed by atoms with E-state index in [0.29, 0.717) is 10.8 Å². The molecule has 1 saturated heterocycles. The van der Waals surface area contributed by atoms with E-state index in [1.807, 2.05) is 0 Å². The molecule has 1 aliphatic heterocycles. The van der Waals surface area contributed by atoms with Crippen LogP contribution in [-0.4, -0.2) is 39.9 Å². The highest BCUT2D eigenvalue weighted by molar-refractivity contribution is 8.01. The Bertz CT molecular complexity index is 642. The minimum Gasteiger partial charge on any atom is -0.347 e. The van der Waals surface area contributed by atoms with Crippen molar-refractivity contribution in [2.24, 2.45) is 0 Å². The summed E-state index contributed by atoms with van der Waals surface area (Å²) >= 11 is 8.67. The lowest BCUT2D eigenvalue weighted by Gasteiger charge is -2.10. The van der Waals surface area contributed by atoms with Crippen LogP contribution >= 0.6 is 34.7 Å². The Labute approximate surface area is 141 Å². The molecular weight excluding hydrogens is 342 g/mol. The fraction of sp³-hybridized carbons (Fsp3) is 0.385. The molecule has 0 bridgehead atoms. The van der Waals surface area contributed by atoms with Crippen LogP contribution in [0.4, 0.5) is 10.9 Å². The standard InChI is InChI=1S/C13H14ClN5OS2/c14-9-3-4-10(15-7-9)16-11(20)8-21-13-18-17-12(22-13)19-5-1-2-6-19/h3-4,7H,1-2,5-6,8H2,(H,15,16,20). The monoisotopic (exact) mass is 355 g/mol. The summed E-state index contributed by atoms with van der Waals surface area (Å²) in [6.07, 6.45) is 3.91. The Morgan fingerprint density at radius 1 is 1.36 bits per heavy atom. The minimum absolute atomic E-state index is 0.127. The molecule has 9 heteroatoms. The summed E-state index contributed by atoms with van der Waals surface area (Å²) in [5.74, 6) is 0.640. The number of hydrogen-bond donors (Lipinski definition) is 1. The predicted octanol–water partition coefficient (Wildman–Crippen LogP) is 2.92. The summed E-state index contributed by atoms with van der Waals surface area (Å²) in [5, 5.41) is 12.5. The number of carbonyl (C=O) groups is 1. The van der Waals surface area contributed by atoms with Gasteiger partial charge in [-0.15, -0.1) is 10.2 Å². The second kappa shape index (κ2) is 7.26. The predicted molar refractivity (Wildman–Crippen MR) is 90.0 cm³/mol. The lowest BCUT2D eigenvalue weighted by atomic mass is 10.4. The van der Waals surface area contributed by atoms with E-state index in [-0.39, 0.29) is 11.7 Å². The molecule has 0 spiro atoms. The highest BCUT2D eigenvalue weighted by Crippen LogP contribution is 2.29. The first-order valence-electron chi connectivity index (χ1n) is 6.83. The van der Waals surface area contributed by atoms with Gasteiger partial charge in [0.05, 0.1) is 10.8 Å². The molecule has 22 heavy (non-hydrogen) atoms. The number of halogens is 1. The Hall–Kier alpha value is -1.38. The van der Waals surface area contributed by atoms with Crippen LogP contribution in [-0.2, 0) is 4.79 Å². The molecule has 1 aliphatic rings. The Balaban J connectivity index is 1.49. The highest BCUT2D eigenvalue weighted by Gasteiger charge is 2.17. The van der Waals surface area contributed by atoms with Crippen molar-refractivity contribution in [3.05, 3.63) is 23.4 Å². The van der Waals surface area contributed by atoms with Crippen molar-refractivity contribution in [2.75, 3.05) is 29.1 Å². The van der Waals surface area contributed by atoms with Gasteiger partial charge in [0.25, 0.3) is 0 Å². The summed E-state index contributed by atoms with van der Waals surface area (Å²) in [6, 6.07) is 3.35. The molecule has 3 rings (SSSR count). The summed E-state index contributed by atoms with van der Waals surface area (Å²) < 4.78 is 0.807. The lowest BCUT2D eigenvalue weighted by molar-refractivity contribution is -0.113. The van der Waals surface area contributed by atoms with Crippen molar-refractivity contribution in [3.63, 3.8) is 0 Å². The average molecular weight is 356 g/mol. The quantitative estimate of drug-likeness (QED) is 0.831. The van der Waals surface area contributed by atoms with Gasteiger partial charge in [-0.1, -0.05) is 34.7 Å². The first kappa shape index (κ1) is 15.5. The molecule has 2 aromatic heterocycles. The van der Waals surface area contributed by atoms with Crippen molar-refractivity contribution >= 4 is 51.6 Å². The van der Waals surface area contributed by atoms with Crippen LogP contribution in [0.3, 0.4) is 0 Å². The van der Waals surface area contributed by atoms with Gasteiger partial charge in [0.1, 0.15) is 5.82 Å². The first-order valence-corrected chi connectivity index (χ1v) is 9.01. The van der Waals surface area contributed by atoms with Gasteiger partial charge in [-0.2, -0.15) is 0 Å². The molecule has 0 aromatic carbocycles.